The van der Waals surface area contributed by atoms with Gasteiger partial charge in [0.2, 0.25) is 0 Å². The van der Waals surface area contributed by atoms with Crippen molar-refractivity contribution in [3.8, 4) is 5.69 Å². The molecule has 2 heterocycles. The van der Waals surface area contributed by atoms with E-state index in [9.17, 15) is 4.79 Å². The Bertz CT molecular complexity index is 1490. The lowest BCUT2D eigenvalue weighted by Gasteiger charge is -2.34. The number of rotatable bonds is 8. The normalized spacial score (nSPS) is 14.6. The molecule has 1 aromatic heterocycles. The Morgan fingerprint density at radius 3 is 2.12 bits per heavy atom. The first-order valence-corrected chi connectivity index (χ1v) is 14.2. The number of piperazine rings is 1. The molecular weight excluding hydrogens is 541 g/mol. The highest BCUT2D eigenvalue weighted by molar-refractivity contribution is 6.34. The smallest absolute Gasteiger partial charge is 0.271 e. The van der Waals surface area contributed by atoms with Crippen molar-refractivity contribution in [3.63, 3.8) is 0 Å². The monoisotopic (exact) mass is 573 g/mol. The Morgan fingerprint density at radius 1 is 0.850 bits per heavy atom. The predicted molar refractivity (Wildman–Crippen MR) is 164 cm³/mol. The van der Waals surface area contributed by atoms with E-state index >= 15 is 0 Å². The largest absolute Gasteiger partial charge is 0.316 e. The van der Waals surface area contributed by atoms with Crippen molar-refractivity contribution < 1.29 is 4.79 Å². The van der Waals surface area contributed by atoms with Crippen LogP contribution >= 0.6 is 23.2 Å². The van der Waals surface area contributed by atoms with Crippen LogP contribution in [0, 0.1) is 13.8 Å². The summed E-state index contributed by atoms with van der Waals surface area (Å²) in [5.74, 6) is -0.246. The van der Waals surface area contributed by atoms with Crippen molar-refractivity contribution in [2.45, 2.75) is 26.9 Å². The first-order chi connectivity index (χ1) is 19.4. The highest BCUT2D eigenvalue weighted by Gasteiger charge is 2.17. The summed E-state index contributed by atoms with van der Waals surface area (Å²) in [6.07, 6.45) is 1.65. The minimum atomic E-state index is -0.246. The summed E-state index contributed by atoms with van der Waals surface area (Å²) >= 11 is 12.6. The fourth-order valence-corrected chi connectivity index (χ4v) is 5.51. The molecular formula is C32H33Cl2N5O. The van der Waals surface area contributed by atoms with Crippen LogP contribution in [-0.2, 0) is 13.1 Å². The maximum absolute atomic E-state index is 12.7. The molecule has 0 bridgehead atoms. The number of nitrogens with one attached hydrogen (secondary N) is 1. The second kappa shape index (κ2) is 12.8. The van der Waals surface area contributed by atoms with E-state index in [2.05, 4.69) is 50.7 Å². The third-order valence-corrected chi connectivity index (χ3v) is 7.88. The van der Waals surface area contributed by atoms with Gasteiger partial charge in [0.1, 0.15) is 0 Å². The van der Waals surface area contributed by atoms with E-state index in [1.54, 1.807) is 18.3 Å². The summed E-state index contributed by atoms with van der Waals surface area (Å²) in [5.41, 5.74) is 9.41. The Kier molecular flexibility index (Phi) is 9.02. The molecule has 0 unspecified atom stereocenters. The van der Waals surface area contributed by atoms with Crippen molar-refractivity contribution in [2.24, 2.45) is 5.10 Å². The van der Waals surface area contributed by atoms with Gasteiger partial charge < -0.3 is 4.57 Å². The maximum Gasteiger partial charge on any atom is 0.271 e. The number of hydrazone groups is 1. The molecule has 1 amide bonds. The van der Waals surface area contributed by atoms with Gasteiger partial charge in [-0.3, -0.25) is 14.6 Å². The number of carbonyl (C=O) groups excluding carboxylic acids is 1. The zero-order chi connectivity index (χ0) is 28.1. The van der Waals surface area contributed by atoms with E-state index in [-0.39, 0.29) is 5.91 Å². The van der Waals surface area contributed by atoms with Gasteiger partial charge in [0.25, 0.3) is 5.91 Å². The van der Waals surface area contributed by atoms with Crippen molar-refractivity contribution in [1.29, 1.82) is 0 Å². The van der Waals surface area contributed by atoms with Gasteiger partial charge in [0, 0.05) is 66.8 Å². The van der Waals surface area contributed by atoms with Gasteiger partial charge in [-0.15, -0.1) is 0 Å². The van der Waals surface area contributed by atoms with Gasteiger partial charge in [0.05, 0.1) is 16.9 Å². The molecule has 1 aliphatic rings. The van der Waals surface area contributed by atoms with Crippen molar-refractivity contribution in [2.75, 3.05) is 26.2 Å². The minimum Gasteiger partial charge on any atom is -0.316 e. The third kappa shape index (κ3) is 6.83. The number of aryl methyl sites for hydroxylation is 1. The van der Waals surface area contributed by atoms with Crippen molar-refractivity contribution >= 4 is 35.3 Å². The average molecular weight is 575 g/mol. The molecule has 0 saturated carbocycles. The Hall–Kier alpha value is -3.42. The third-order valence-electron chi connectivity index (χ3n) is 7.33. The van der Waals surface area contributed by atoms with Crippen LogP contribution < -0.4 is 5.43 Å². The fraction of sp³-hybridized carbons (Fsp3) is 0.250. The maximum atomic E-state index is 12.7. The Labute approximate surface area is 245 Å². The SMILES string of the molecule is Cc1cc(/C=N\NC(=O)c2ccc(CN3CCN(Cc4ccccc4)CC3)cc2)c(C)n1-c1cc(Cl)ccc1Cl. The lowest BCUT2D eigenvalue weighted by molar-refractivity contribution is 0.0955. The molecule has 4 aromatic rings. The van der Waals surface area contributed by atoms with Gasteiger partial charge in [-0.2, -0.15) is 5.10 Å². The van der Waals surface area contributed by atoms with E-state index in [4.69, 9.17) is 23.2 Å². The van der Waals surface area contributed by atoms with E-state index in [1.807, 2.05) is 54.8 Å². The quantitative estimate of drug-likeness (QED) is 0.194. The predicted octanol–water partition coefficient (Wildman–Crippen LogP) is 6.48. The van der Waals surface area contributed by atoms with Crippen LogP contribution in [0.15, 0.2) is 84.0 Å². The number of hydrogen-bond donors (Lipinski definition) is 1. The molecule has 0 radical (unpaired) electrons. The molecule has 0 aliphatic carbocycles. The fourth-order valence-electron chi connectivity index (χ4n) is 5.14. The van der Waals surface area contributed by atoms with Gasteiger partial charge in [-0.05, 0) is 61.4 Å². The molecule has 5 rings (SSSR count). The molecule has 1 aliphatic heterocycles. The molecule has 6 nitrogen and oxygen atoms in total. The average Bonchev–Trinajstić information content (AvgIpc) is 3.24. The lowest BCUT2D eigenvalue weighted by atomic mass is 10.1. The molecule has 1 saturated heterocycles. The van der Waals surface area contributed by atoms with Crippen LogP contribution in [0.4, 0.5) is 0 Å². The number of amides is 1. The lowest BCUT2D eigenvalue weighted by Crippen LogP contribution is -2.45. The first-order valence-electron chi connectivity index (χ1n) is 13.4. The number of hydrogen-bond acceptors (Lipinski definition) is 4. The second-order valence-electron chi connectivity index (χ2n) is 10.2. The van der Waals surface area contributed by atoms with Crippen LogP contribution in [0.1, 0.15) is 38.4 Å². The van der Waals surface area contributed by atoms with Gasteiger partial charge >= 0.3 is 0 Å². The summed E-state index contributed by atoms with van der Waals surface area (Å²) in [7, 11) is 0. The summed E-state index contributed by atoms with van der Waals surface area (Å²) in [6, 6.07) is 25.8. The zero-order valence-electron chi connectivity index (χ0n) is 22.8. The number of carbonyl (C=O) groups is 1. The minimum absolute atomic E-state index is 0.246. The van der Waals surface area contributed by atoms with Crippen LogP contribution in [0.3, 0.4) is 0 Å². The van der Waals surface area contributed by atoms with Gasteiger partial charge in [0.15, 0.2) is 0 Å². The molecule has 0 atom stereocenters. The van der Waals surface area contributed by atoms with E-state index < -0.39 is 0 Å². The highest BCUT2D eigenvalue weighted by Crippen LogP contribution is 2.28. The van der Waals surface area contributed by atoms with Crippen LogP contribution in [0.5, 0.6) is 0 Å². The molecule has 40 heavy (non-hydrogen) atoms. The first kappa shape index (κ1) is 28.1. The second-order valence-corrected chi connectivity index (χ2v) is 11.0. The van der Waals surface area contributed by atoms with Gasteiger partial charge in [-0.25, -0.2) is 5.43 Å². The molecule has 3 aromatic carbocycles. The number of benzene rings is 3. The van der Waals surface area contributed by atoms with Gasteiger partial charge in [-0.1, -0.05) is 65.7 Å². The zero-order valence-corrected chi connectivity index (χ0v) is 24.3. The van der Waals surface area contributed by atoms with E-state index in [1.165, 1.54) is 11.1 Å². The highest BCUT2D eigenvalue weighted by atomic mass is 35.5. The molecule has 8 heteroatoms. The van der Waals surface area contributed by atoms with Crippen LogP contribution in [0.25, 0.3) is 5.69 Å². The van der Waals surface area contributed by atoms with Crippen molar-refractivity contribution in [3.05, 3.63) is 123 Å². The number of halogens is 2. The standard InChI is InChI=1S/C32H33Cl2N5O/c1-23-18-28(24(2)39(23)31-19-29(33)12-13-30(31)34)20-35-36-32(40)27-10-8-26(9-11-27)22-38-16-14-37(15-17-38)21-25-6-4-3-5-7-25/h3-13,18-20H,14-17,21-22H2,1-2H3,(H,36,40)/b35-20-. The molecule has 0 spiro atoms. The van der Waals surface area contributed by atoms with Crippen LogP contribution in [-0.4, -0.2) is 52.7 Å². The molecule has 1 N–H and O–H groups in total. The summed E-state index contributed by atoms with van der Waals surface area (Å²) < 4.78 is 2.03. The summed E-state index contributed by atoms with van der Waals surface area (Å²) in [5, 5.41) is 5.43. The number of aromatic nitrogens is 1. The molecule has 206 valence electrons. The topological polar surface area (TPSA) is 52.9 Å². The Balaban J connectivity index is 1.13. The summed E-state index contributed by atoms with van der Waals surface area (Å²) in [6.45, 7) is 10.0. The van der Waals surface area contributed by atoms with E-state index in [0.29, 0.717) is 15.6 Å². The van der Waals surface area contributed by atoms with E-state index in [0.717, 1.165) is 61.9 Å². The summed E-state index contributed by atoms with van der Waals surface area (Å²) in [4.78, 5) is 17.7. The van der Waals surface area contributed by atoms with Crippen molar-refractivity contribution in [1.82, 2.24) is 19.8 Å². The van der Waals surface area contributed by atoms with Crippen LogP contribution in [0.2, 0.25) is 10.0 Å². The number of nitrogens with zero attached hydrogens (tertiary/aromatic N) is 4. The Morgan fingerprint density at radius 2 is 1.48 bits per heavy atom. The molecule has 1 fully saturated rings.